The Balaban J connectivity index is 2.16. The van der Waals surface area contributed by atoms with Crippen LogP contribution in [0.2, 0.25) is 0 Å². The lowest BCUT2D eigenvalue weighted by molar-refractivity contribution is 0.402. The van der Waals surface area contributed by atoms with E-state index >= 15 is 0 Å². The molecule has 0 radical (unpaired) electrons. The van der Waals surface area contributed by atoms with E-state index in [1.807, 2.05) is 24.8 Å². The summed E-state index contributed by atoms with van der Waals surface area (Å²) in [5.74, 6) is 1.51. The molecule has 0 unspecified atom stereocenters. The summed E-state index contributed by atoms with van der Waals surface area (Å²) in [4.78, 5) is 0.220. The van der Waals surface area contributed by atoms with E-state index in [9.17, 15) is 8.42 Å². The highest BCUT2D eigenvalue weighted by molar-refractivity contribution is 8.00. The Hall–Kier alpha value is -0.720. The van der Waals surface area contributed by atoms with Gasteiger partial charge in [-0.25, -0.2) is 13.1 Å². The van der Waals surface area contributed by atoms with Crippen molar-refractivity contribution in [2.24, 2.45) is 0 Å². The molecule has 0 saturated carbocycles. The predicted molar refractivity (Wildman–Crippen MR) is 78.4 cm³/mol. The van der Waals surface area contributed by atoms with Crippen molar-refractivity contribution in [3.8, 4) is 5.75 Å². The molecular weight excluding hydrogens is 282 g/mol. The molecule has 1 aliphatic heterocycles. The number of rotatable bonds is 5. The Labute approximate surface area is 119 Å². The van der Waals surface area contributed by atoms with Crippen LogP contribution in [0.4, 0.5) is 0 Å². The number of benzene rings is 1. The normalized spacial score (nSPS) is 19.6. The molecule has 106 valence electrons. The van der Waals surface area contributed by atoms with Crippen molar-refractivity contribution in [1.82, 2.24) is 4.72 Å². The van der Waals surface area contributed by atoms with Crippen molar-refractivity contribution in [3.05, 3.63) is 23.8 Å². The van der Waals surface area contributed by atoms with Crippen LogP contribution in [0.25, 0.3) is 0 Å². The van der Waals surface area contributed by atoms with Gasteiger partial charge in [0.05, 0.1) is 7.11 Å². The zero-order valence-corrected chi connectivity index (χ0v) is 12.8. The fourth-order valence-corrected chi connectivity index (χ4v) is 4.72. The summed E-state index contributed by atoms with van der Waals surface area (Å²) in [6.07, 6.45) is 2.25. The fourth-order valence-electron chi connectivity index (χ4n) is 2.08. The lowest BCUT2D eigenvalue weighted by Gasteiger charge is -2.13. The molecule has 0 aliphatic carbocycles. The van der Waals surface area contributed by atoms with E-state index in [1.165, 1.54) is 13.5 Å². The molecule has 19 heavy (non-hydrogen) atoms. The molecule has 0 aromatic heterocycles. The van der Waals surface area contributed by atoms with Crippen molar-refractivity contribution in [2.45, 2.75) is 29.9 Å². The first-order valence-electron chi connectivity index (χ1n) is 6.29. The second-order valence-corrected chi connectivity index (χ2v) is 7.78. The predicted octanol–water partition coefficient (Wildman–Crippen LogP) is 2.18. The molecule has 0 amide bonds. The molecule has 1 N–H and O–H groups in total. The van der Waals surface area contributed by atoms with Gasteiger partial charge in [0.15, 0.2) is 0 Å². The third kappa shape index (κ3) is 3.64. The highest BCUT2D eigenvalue weighted by Crippen LogP contribution is 2.27. The summed E-state index contributed by atoms with van der Waals surface area (Å²) in [7, 11) is -2.02. The smallest absolute Gasteiger partial charge is 0.244 e. The van der Waals surface area contributed by atoms with Crippen LogP contribution in [0.3, 0.4) is 0 Å². The quantitative estimate of drug-likeness (QED) is 0.905. The minimum atomic E-state index is -3.50. The first-order chi connectivity index (χ1) is 9.03. The summed E-state index contributed by atoms with van der Waals surface area (Å²) in [6.45, 7) is 2.36. The van der Waals surface area contributed by atoms with Gasteiger partial charge in [-0.1, -0.05) is 6.07 Å². The van der Waals surface area contributed by atoms with E-state index in [0.29, 0.717) is 17.5 Å². The molecule has 2 rings (SSSR count). The molecule has 4 nitrogen and oxygen atoms in total. The zero-order valence-electron chi connectivity index (χ0n) is 11.2. The highest BCUT2D eigenvalue weighted by atomic mass is 32.2. The van der Waals surface area contributed by atoms with Gasteiger partial charge in [-0.3, -0.25) is 0 Å². The molecule has 1 aromatic rings. The summed E-state index contributed by atoms with van der Waals surface area (Å²) in [5, 5.41) is 0.394. The number of hydrogen-bond donors (Lipinski definition) is 1. The van der Waals surface area contributed by atoms with Gasteiger partial charge in [-0.2, -0.15) is 11.8 Å². The molecule has 1 aliphatic rings. The molecule has 1 atom stereocenters. The average molecular weight is 301 g/mol. The molecule has 6 heteroatoms. The number of nitrogens with one attached hydrogen (secondary N) is 1. The van der Waals surface area contributed by atoms with E-state index in [1.54, 1.807) is 12.1 Å². The third-order valence-corrected chi connectivity index (χ3v) is 5.98. The Kier molecular flexibility index (Phi) is 4.76. The molecule has 1 heterocycles. The monoisotopic (exact) mass is 301 g/mol. The lowest BCUT2D eigenvalue weighted by atomic mass is 10.2. The van der Waals surface area contributed by atoms with Gasteiger partial charge in [0.25, 0.3) is 0 Å². The van der Waals surface area contributed by atoms with Crippen molar-refractivity contribution < 1.29 is 13.2 Å². The first-order valence-corrected chi connectivity index (χ1v) is 8.82. The SMILES string of the molecule is COc1ccc(C)cc1S(=O)(=O)NC[C@H]1CCCS1. The van der Waals surface area contributed by atoms with Crippen LogP contribution in [0.1, 0.15) is 18.4 Å². The van der Waals surface area contributed by atoms with Crippen molar-refractivity contribution in [1.29, 1.82) is 0 Å². The number of ether oxygens (including phenoxy) is 1. The number of thioether (sulfide) groups is 1. The van der Waals surface area contributed by atoms with Crippen molar-refractivity contribution in [2.75, 3.05) is 19.4 Å². The van der Waals surface area contributed by atoms with E-state index in [0.717, 1.165) is 17.7 Å². The average Bonchev–Trinajstić information content (AvgIpc) is 2.89. The topological polar surface area (TPSA) is 55.4 Å². The lowest BCUT2D eigenvalue weighted by Crippen LogP contribution is -2.30. The molecule has 1 fully saturated rings. The Morgan fingerprint density at radius 2 is 2.26 bits per heavy atom. The summed E-state index contributed by atoms with van der Waals surface area (Å²) in [6, 6.07) is 5.17. The van der Waals surface area contributed by atoms with Gasteiger partial charge >= 0.3 is 0 Å². The maximum Gasteiger partial charge on any atom is 0.244 e. The first kappa shape index (κ1) is 14.7. The van der Waals surface area contributed by atoms with Crippen LogP contribution in [-0.4, -0.2) is 33.1 Å². The van der Waals surface area contributed by atoms with Gasteiger partial charge in [0.2, 0.25) is 10.0 Å². The second-order valence-electron chi connectivity index (χ2n) is 4.64. The third-order valence-electron chi connectivity index (χ3n) is 3.13. The highest BCUT2D eigenvalue weighted by Gasteiger charge is 2.22. The largest absolute Gasteiger partial charge is 0.495 e. The standard InChI is InChI=1S/C13H19NO3S2/c1-10-5-6-12(17-2)13(8-10)19(15,16)14-9-11-4-3-7-18-11/h5-6,8,11,14H,3-4,7,9H2,1-2H3/t11-/m1/s1. The number of hydrogen-bond acceptors (Lipinski definition) is 4. The van der Waals surface area contributed by atoms with Crippen LogP contribution in [0.5, 0.6) is 5.75 Å². The van der Waals surface area contributed by atoms with Crippen molar-refractivity contribution >= 4 is 21.8 Å². The van der Waals surface area contributed by atoms with Gasteiger partial charge in [0, 0.05) is 11.8 Å². The molecule has 0 bridgehead atoms. The Morgan fingerprint density at radius 3 is 2.89 bits per heavy atom. The number of aryl methyl sites for hydroxylation is 1. The maximum absolute atomic E-state index is 12.3. The minimum absolute atomic E-state index is 0.220. The molecular formula is C13H19NO3S2. The van der Waals surface area contributed by atoms with Gasteiger partial charge in [-0.15, -0.1) is 0 Å². The molecule has 1 aromatic carbocycles. The zero-order chi connectivity index (χ0) is 13.9. The number of methoxy groups -OCH3 is 1. The van der Waals surface area contributed by atoms with E-state index in [4.69, 9.17) is 4.74 Å². The fraction of sp³-hybridized carbons (Fsp3) is 0.538. The van der Waals surface area contributed by atoms with Crippen LogP contribution < -0.4 is 9.46 Å². The van der Waals surface area contributed by atoms with Gasteiger partial charge in [0.1, 0.15) is 10.6 Å². The molecule has 1 saturated heterocycles. The maximum atomic E-state index is 12.3. The number of sulfonamides is 1. The van der Waals surface area contributed by atoms with Crippen LogP contribution in [-0.2, 0) is 10.0 Å². The van der Waals surface area contributed by atoms with Gasteiger partial charge < -0.3 is 4.74 Å². The van der Waals surface area contributed by atoms with E-state index in [2.05, 4.69) is 4.72 Å². The van der Waals surface area contributed by atoms with Crippen LogP contribution in [0.15, 0.2) is 23.1 Å². The van der Waals surface area contributed by atoms with Crippen molar-refractivity contribution in [3.63, 3.8) is 0 Å². The minimum Gasteiger partial charge on any atom is -0.495 e. The van der Waals surface area contributed by atoms with Crippen LogP contribution >= 0.6 is 11.8 Å². The summed E-state index contributed by atoms with van der Waals surface area (Å²) < 4.78 is 32.5. The summed E-state index contributed by atoms with van der Waals surface area (Å²) in [5.41, 5.74) is 0.899. The van der Waals surface area contributed by atoms with E-state index in [-0.39, 0.29) is 4.90 Å². The summed E-state index contributed by atoms with van der Waals surface area (Å²) >= 11 is 1.83. The Bertz CT molecular complexity index is 537. The van der Waals surface area contributed by atoms with Crippen LogP contribution in [0, 0.1) is 6.92 Å². The van der Waals surface area contributed by atoms with Gasteiger partial charge in [-0.05, 0) is 43.2 Å². The molecule has 0 spiro atoms. The Morgan fingerprint density at radius 1 is 1.47 bits per heavy atom. The van der Waals surface area contributed by atoms with E-state index < -0.39 is 10.0 Å². The second kappa shape index (κ2) is 6.15.